The monoisotopic (exact) mass is 729 g/mol. The third kappa shape index (κ3) is 7.74. The summed E-state index contributed by atoms with van der Waals surface area (Å²) < 4.78 is 13.2. The highest BCUT2D eigenvalue weighted by atomic mass is 79.9. The number of amides is 1. The zero-order chi connectivity index (χ0) is 34.8. The standard InChI is InChI=1S/C40H36BrN5O4/c41-35-18-9-8-17-33(35)37-40(26-31-16-7-10-19-36(31)45-46-42,44-38(50-37)30-20-22-32(23-21-30)49-25-11-24-47)39(48)43-27-34(28-12-3-1-4-13-28)29-14-5-2-6-15-29/h1-10,12-23,34,37,47H,11,24-27H2,(H,43,48)/t37-,40-/m1/s1. The lowest BCUT2D eigenvalue weighted by atomic mass is 9.81. The molecule has 10 heteroatoms. The SMILES string of the molecule is [N-]=[N+]=Nc1ccccc1C[C@@]1(C(=O)NCC(c2ccccc2)c2ccccc2)N=C(c2ccc(OCCCO)cc2)O[C@@H]1c1ccccc1Br. The second kappa shape index (κ2) is 16.3. The number of nitrogens with one attached hydrogen (secondary N) is 1. The van der Waals surface area contributed by atoms with Crippen molar-refractivity contribution in [2.75, 3.05) is 19.8 Å². The molecule has 1 heterocycles. The molecule has 0 aliphatic carbocycles. The number of halogens is 1. The van der Waals surface area contributed by atoms with Gasteiger partial charge in [0.2, 0.25) is 5.90 Å². The van der Waals surface area contributed by atoms with Crippen LogP contribution in [-0.2, 0) is 16.0 Å². The number of carbonyl (C=O) groups is 1. The van der Waals surface area contributed by atoms with Crippen molar-refractivity contribution in [3.63, 3.8) is 0 Å². The maximum atomic E-state index is 15.0. The molecule has 5 aromatic rings. The van der Waals surface area contributed by atoms with Gasteiger partial charge in [0, 0.05) is 58.1 Å². The maximum absolute atomic E-state index is 15.0. The number of aliphatic hydroxyl groups excluding tert-OH is 1. The van der Waals surface area contributed by atoms with Gasteiger partial charge in [0.15, 0.2) is 11.6 Å². The second-order valence-corrected chi connectivity index (χ2v) is 12.7. The number of hydrogen-bond acceptors (Lipinski definition) is 6. The minimum Gasteiger partial charge on any atom is -0.494 e. The summed E-state index contributed by atoms with van der Waals surface area (Å²) in [7, 11) is 0. The van der Waals surface area contributed by atoms with Gasteiger partial charge in [-0.1, -0.05) is 124 Å². The van der Waals surface area contributed by atoms with Crippen LogP contribution in [0.3, 0.4) is 0 Å². The van der Waals surface area contributed by atoms with Gasteiger partial charge in [-0.15, -0.1) is 0 Å². The number of hydrogen-bond donors (Lipinski definition) is 2. The number of benzene rings is 5. The van der Waals surface area contributed by atoms with Gasteiger partial charge in [-0.05, 0) is 52.6 Å². The molecule has 1 amide bonds. The van der Waals surface area contributed by atoms with Gasteiger partial charge in [0.25, 0.3) is 5.91 Å². The van der Waals surface area contributed by atoms with Gasteiger partial charge < -0.3 is 19.9 Å². The van der Waals surface area contributed by atoms with Crippen molar-refractivity contribution in [3.05, 3.63) is 176 Å². The Bertz CT molecular complexity index is 1950. The first-order valence-electron chi connectivity index (χ1n) is 16.4. The van der Waals surface area contributed by atoms with Crippen LogP contribution >= 0.6 is 15.9 Å². The highest BCUT2D eigenvalue weighted by Crippen LogP contribution is 2.45. The zero-order valence-electron chi connectivity index (χ0n) is 27.2. The third-order valence-corrected chi connectivity index (χ3v) is 9.41. The lowest BCUT2D eigenvalue weighted by Gasteiger charge is -2.32. The summed E-state index contributed by atoms with van der Waals surface area (Å²) in [6.45, 7) is 0.738. The molecule has 6 rings (SSSR count). The molecule has 5 aromatic carbocycles. The van der Waals surface area contributed by atoms with E-state index in [9.17, 15) is 5.53 Å². The average Bonchev–Trinajstić information content (AvgIpc) is 3.54. The Morgan fingerprint density at radius 1 is 0.920 bits per heavy atom. The molecule has 2 atom stereocenters. The molecule has 0 fully saturated rings. The maximum Gasteiger partial charge on any atom is 0.252 e. The van der Waals surface area contributed by atoms with E-state index in [1.54, 1.807) is 12.1 Å². The van der Waals surface area contributed by atoms with Crippen LogP contribution < -0.4 is 10.1 Å². The largest absolute Gasteiger partial charge is 0.494 e. The summed E-state index contributed by atoms with van der Waals surface area (Å²) in [6.07, 6.45) is -0.234. The van der Waals surface area contributed by atoms with Gasteiger partial charge in [-0.25, -0.2) is 4.99 Å². The van der Waals surface area contributed by atoms with E-state index in [1.807, 2.05) is 97.1 Å². The second-order valence-electron chi connectivity index (χ2n) is 11.9. The number of ether oxygens (including phenoxy) is 2. The molecule has 0 bridgehead atoms. The first-order valence-corrected chi connectivity index (χ1v) is 17.2. The highest BCUT2D eigenvalue weighted by Gasteiger charge is 2.54. The zero-order valence-corrected chi connectivity index (χ0v) is 28.8. The van der Waals surface area contributed by atoms with Crippen LogP contribution in [0.15, 0.2) is 148 Å². The van der Waals surface area contributed by atoms with Crippen molar-refractivity contribution in [1.29, 1.82) is 0 Å². The van der Waals surface area contributed by atoms with E-state index in [0.717, 1.165) is 21.2 Å². The Balaban J connectivity index is 1.45. The fourth-order valence-corrected chi connectivity index (χ4v) is 6.68. The Kier molecular flexibility index (Phi) is 11.3. The van der Waals surface area contributed by atoms with E-state index in [2.05, 4.69) is 55.5 Å². The van der Waals surface area contributed by atoms with E-state index < -0.39 is 11.6 Å². The van der Waals surface area contributed by atoms with Gasteiger partial charge in [-0.3, -0.25) is 4.79 Å². The normalized spacial score (nSPS) is 16.6. The molecular weight excluding hydrogens is 694 g/mol. The molecule has 2 N–H and O–H groups in total. The Morgan fingerprint density at radius 2 is 1.56 bits per heavy atom. The summed E-state index contributed by atoms with van der Waals surface area (Å²) in [5, 5.41) is 16.4. The molecule has 1 aliphatic rings. The van der Waals surface area contributed by atoms with Crippen LogP contribution in [-0.4, -0.2) is 42.2 Å². The van der Waals surface area contributed by atoms with Crippen molar-refractivity contribution >= 4 is 33.4 Å². The fourth-order valence-electron chi connectivity index (χ4n) is 6.19. The highest BCUT2D eigenvalue weighted by molar-refractivity contribution is 9.10. The number of carbonyl (C=O) groups excluding carboxylic acids is 1. The Labute approximate surface area is 299 Å². The predicted molar refractivity (Wildman–Crippen MR) is 198 cm³/mol. The average molecular weight is 731 g/mol. The molecule has 0 saturated carbocycles. The van der Waals surface area contributed by atoms with E-state index >= 15 is 4.79 Å². The summed E-state index contributed by atoms with van der Waals surface area (Å²) in [5.41, 5.74) is 12.5. The van der Waals surface area contributed by atoms with Gasteiger partial charge >= 0.3 is 0 Å². The minimum absolute atomic E-state index is 0.0452. The van der Waals surface area contributed by atoms with Gasteiger partial charge in [-0.2, -0.15) is 0 Å². The van der Waals surface area contributed by atoms with E-state index in [4.69, 9.17) is 19.6 Å². The van der Waals surface area contributed by atoms with Crippen LogP contribution in [0.1, 0.15) is 46.3 Å². The van der Waals surface area contributed by atoms with E-state index in [0.29, 0.717) is 48.0 Å². The Morgan fingerprint density at radius 3 is 2.22 bits per heavy atom. The number of aliphatic hydroxyl groups is 1. The summed E-state index contributed by atoms with van der Waals surface area (Å²) in [6, 6.07) is 42.3. The van der Waals surface area contributed by atoms with Crippen LogP contribution in [0.25, 0.3) is 10.4 Å². The summed E-state index contributed by atoms with van der Waals surface area (Å²) in [5.74, 6) is 0.486. The fraction of sp³-hybridized carbons (Fsp3) is 0.200. The molecule has 252 valence electrons. The van der Waals surface area contributed by atoms with Crippen LogP contribution in [0.4, 0.5) is 5.69 Å². The lowest BCUT2D eigenvalue weighted by molar-refractivity contribution is -0.129. The first-order chi connectivity index (χ1) is 24.5. The number of azide groups is 1. The molecule has 0 radical (unpaired) electrons. The molecule has 0 spiro atoms. The van der Waals surface area contributed by atoms with Crippen molar-refractivity contribution in [2.24, 2.45) is 10.1 Å². The molecule has 50 heavy (non-hydrogen) atoms. The predicted octanol–water partition coefficient (Wildman–Crippen LogP) is 8.60. The van der Waals surface area contributed by atoms with E-state index in [-0.39, 0.29) is 24.9 Å². The summed E-state index contributed by atoms with van der Waals surface area (Å²) >= 11 is 3.71. The van der Waals surface area contributed by atoms with Crippen LogP contribution in [0.5, 0.6) is 5.75 Å². The van der Waals surface area contributed by atoms with Crippen molar-refractivity contribution in [1.82, 2.24) is 5.32 Å². The Hall–Kier alpha value is -5.41. The molecular formula is C40H36BrN5O4. The number of aliphatic imine (C=N–C) groups is 1. The van der Waals surface area contributed by atoms with Gasteiger partial charge in [0.1, 0.15) is 5.75 Å². The van der Waals surface area contributed by atoms with Crippen molar-refractivity contribution < 1.29 is 19.4 Å². The topological polar surface area (TPSA) is 129 Å². The number of rotatable bonds is 14. The molecule has 0 aromatic heterocycles. The lowest BCUT2D eigenvalue weighted by Crippen LogP contribution is -2.50. The first kappa shape index (κ1) is 34.5. The van der Waals surface area contributed by atoms with Crippen LogP contribution in [0, 0.1) is 0 Å². The van der Waals surface area contributed by atoms with Crippen molar-refractivity contribution in [3.8, 4) is 5.75 Å². The molecule has 1 aliphatic heterocycles. The van der Waals surface area contributed by atoms with Crippen molar-refractivity contribution in [2.45, 2.75) is 30.4 Å². The molecule has 0 saturated heterocycles. The minimum atomic E-state index is -1.51. The van der Waals surface area contributed by atoms with E-state index in [1.165, 1.54) is 0 Å². The van der Waals surface area contributed by atoms with Crippen LogP contribution in [0.2, 0.25) is 0 Å². The quantitative estimate of drug-likeness (QED) is 0.0513. The smallest absolute Gasteiger partial charge is 0.252 e. The number of nitrogens with zero attached hydrogens (tertiary/aromatic N) is 4. The molecule has 0 unspecified atom stereocenters. The third-order valence-electron chi connectivity index (χ3n) is 8.69. The van der Waals surface area contributed by atoms with Gasteiger partial charge in [0.05, 0.1) is 6.61 Å². The summed E-state index contributed by atoms with van der Waals surface area (Å²) in [4.78, 5) is 23.2. The molecule has 9 nitrogen and oxygen atoms in total.